The number of carbonyl (C=O) groups excluding carboxylic acids is 1. The van der Waals surface area contributed by atoms with Gasteiger partial charge >= 0.3 is 0 Å². The zero-order valence-corrected chi connectivity index (χ0v) is 15.7. The number of rotatable bonds is 5. The van der Waals surface area contributed by atoms with E-state index < -0.39 is 16.6 Å². The van der Waals surface area contributed by atoms with Gasteiger partial charge in [-0.15, -0.1) is 0 Å². The number of nitro groups is 1. The summed E-state index contributed by atoms with van der Waals surface area (Å²) in [7, 11) is 0. The maximum atomic E-state index is 14.1. The van der Waals surface area contributed by atoms with Crippen molar-refractivity contribution >= 4 is 17.2 Å². The van der Waals surface area contributed by atoms with E-state index in [2.05, 4.69) is 4.90 Å². The lowest BCUT2D eigenvalue weighted by atomic mass is 10.0. The molecule has 1 saturated heterocycles. The van der Waals surface area contributed by atoms with Gasteiger partial charge in [-0.2, -0.15) is 0 Å². The Balaban J connectivity index is 1.75. The zero-order chi connectivity index (χ0) is 20.4. The molecule has 0 N–H and O–H groups in total. The summed E-state index contributed by atoms with van der Waals surface area (Å²) in [5, 5.41) is 11.4. The van der Waals surface area contributed by atoms with Gasteiger partial charge in [-0.05, 0) is 32.0 Å². The summed E-state index contributed by atoms with van der Waals surface area (Å²) < 4.78 is 27.2. The molecule has 1 unspecified atom stereocenters. The third-order valence-electron chi connectivity index (χ3n) is 5.19. The first-order valence-corrected chi connectivity index (χ1v) is 9.01. The van der Waals surface area contributed by atoms with Gasteiger partial charge in [-0.25, -0.2) is 8.78 Å². The maximum absolute atomic E-state index is 14.1. The minimum Gasteiger partial charge on any atom is -0.363 e. The van der Waals surface area contributed by atoms with Gasteiger partial charge in [-0.3, -0.25) is 19.8 Å². The minimum atomic E-state index is -0.611. The van der Waals surface area contributed by atoms with Gasteiger partial charge < -0.3 is 4.90 Å². The van der Waals surface area contributed by atoms with Crippen LogP contribution in [0.3, 0.4) is 0 Å². The van der Waals surface area contributed by atoms with Crippen molar-refractivity contribution in [3.8, 4) is 0 Å². The second-order valence-electron chi connectivity index (χ2n) is 6.88. The fourth-order valence-electron chi connectivity index (χ4n) is 3.54. The Hall–Kier alpha value is -2.87. The molecule has 0 radical (unpaired) electrons. The summed E-state index contributed by atoms with van der Waals surface area (Å²) in [5.74, 6) is -1.42. The lowest BCUT2D eigenvalue weighted by Gasteiger charge is -2.39. The van der Waals surface area contributed by atoms with Crippen molar-refractivity contribution in [3.05, 3.63) is 69.3 Å². The molecular formula is C20H21F2N3O3. The fraction of sp³-hybridized carbons (Fsp3) is 0.350. The SMILES string of the molecule is CC(=O)c1ccc(N2CCN(C(C)c3ccc(F)cc3F)CC2)c([N+](=O)[O-])c1. The summed E-state index contributed by atoms with van der Waals surface area (Å²) in [4.78, 5) is 26.4. The molecule has 1 atom stereocenters. The molecule has 0 bridgehead atoms. The van der Waals surface area contributed by atoms with Crippen LogP contribution in [0.1, 0.15) is 35.8 Å². The lowest BCUT2D eigenvalue weighted by molar-refractivity contribution is -0.384. The van der Waals surface area contributed by atoms with Crippen LogP contribution in [0.2, 0.25) is 0 Å². The van der Waals surface area contributed by atoms with Gasteiger partial charge in [0.25, 0.3) is 5.69 Å². The van der Waals surface area contributed by atoms with Crippen molar-refractivity contribution in [2.75, 3.05) is 31.1 Å². The quantitative estimate of drug-likeness (QED) is 0.440. The van der Waals surface area contributed by atoms with Crippen LogP contribution in [0.25, 0.3) is 0 Å². The number of halogens is 2. The molecule has 1 fully saturated rings. The minimum absolute atomic E-state index is 0.0984. The van der Waals surface area contributed by atoms with Crippen LogP contribution in [0.4, 0.5) is 20.2 Å². The smallest absolute Gasteiger partial charge is 0.293 e. The van der Waals surface area contributed by atoms with Gasteiger partial charge in [0.2, 0.25) is 0 Å². The van der Waals surface area contributed by atoms with Crippen molar-refractivity contribution in [2.45, 2.75) is 19.9 Å². The lowest BCUT2D eigenvalue weighted by Crippen LogP contribution is -2.47. The van der Waals surface area contributed by atoms with E-state index in [9.17, 15) is 23.7 Å². The van der Waals surface area contributed by atoms with E-state index in [0.717, 1.165) is 6.07 Å². The molecule has 0 spiro atoms. The zero-order valence-electron chi connectivity index (χ0n) is 15.7. The number of Topliss-reactive ketones (excluding diaryl/α,β-unsaturated/α-hetero) is 1. The number of nitro benzene ring substituents is 1. The Labute approximate surface area is 161 Å². The van der Waals surface area contributed by atoms with Gasteiger partial charge in [0, 0.05) is 55.5 Å². The largest absolute Gasteiger partial charge is 0.363 e. The third kappa shape index (κ3) is 4.01. The molecule has 0 amide bonds. The molecule has 2 aromatic carbocycles. The Morgan fingerprint density at radius 2 is 1.79 bits per heavy atom. The Morgan fingerprint density at radius 1 is 1.11 bits per heavy atom. The molecule has 0 aromatic heterocycles. The summed E-state index contributed by atoms with van der Waals surface area (Å²) in [6.45, 7) is 5.41. The Kier molecular flexibility index (Phi) is 5.69. The van der Waals surface area contributed by atoms with Crippen LogP contribution in [-0.4, -0.2) is 41.8 Å². The van der Waals surface area contributed by atoms with E-state index in [1.165, 1.54) is 25.1 Å². The van der Waals surface area contributed by atoms with Crippen LogP contribution in [-0.2, 0) is 0 Å². The van der Waals surface area contributed by atoms with Crippen molar-refractivity contribution in [3.63, 3.8) is 0 Å². The molecule has 8 heteroatoms. The average Bonchev–Trinajstić information content (AvgIpc) is 2.67. The number of nitrogens with zero attached hydrogens (tertiary/aromatic N) is 3. The highest BCUT2D eigenvalue weighted by Crippen LogP contribution is 2.32. The summed E-state index contributed by atoms with van der Waals surface area (Å²) in [6, 6.07) is 7.83. The third-order valence-corrected chi connectivity index (χ3v) is 5.19. The summed E-state index contributed by atoms with van der Waals surface area (Å²) in [5.41, 5.74) is 1.09. The highest BCUT2D eigenvalue weighted by Gasteiger charge is 2.27. The molecule has 6 nitrogen and oxygen atoms in total. The summed E-state index contributed by atoms with van der Waals surface area (Å²) in [6.07, 6.45) is 0. The summed E-state index contributed by atoms with van der Waals surface area (Å²) >= 11 is 0. The number of hydrogen-bond acceptors (Lipinski definition) is 5. The maximum Gasteiger partial charge on any atom is 0.293 e. The monoisotopic (exact) mass is 389 g/mol. The van der Waals surface area contributed by atoms with E-state index >= 15 is 0 Å². The van der Waals surface area contributed by atoms with Crippen molar-refractivity contribution in [1.82, 2.24) is 4.90 Å². The molecular weight excluding hydrogens is 368 g/mol. The van der Waals surface area contributed by atoms with Crippen LogP contribution in [0.5, 0.6) is 0 Å². The molecule has 1 aliphatic heterocycles. The first-order valence-electron chi connectivity index (χ1n) is 9.01. The van der Waals surface area contributed by atoms with Crippen LogP contribution < -0.4 is 4.90 Å². The first-order chi connectivity index (χ1) is 13.3. The molecule has 148 valence electrons. The van der Waals surface area contributed by atoms with Crippen molar-refractivity contribution < 1.29 is 18.5 Å². The predicted octanol–water partition coefficient (Wildman–Crippen LogP) is 3.96. The number of ketones is 1. The van der Waals surface area contributed by atoms with E-state index in [4.69, 9.17) is 0 Å². The molecule has 2 aromatic rings. The van der Waals surface area contributed by atoms with Crippen LogP contribution >= 0.6 is 0 Å². The molecule has 28 heavy (non-hydrogen) atoms. The topological polar surface area (TPSA) is 66.7 Å². The van der Waals surface area contributed by atoms with E-state index in [1.54, 1.807) is 12.1 Å². The number of hydrogen-bond donors (Lipinski definition) is 0. The number of piperazine rings is 1. The highest BCUT2D eigenvalue weighted by atomic mass is 19.1. The van der Waals surface area contributed by atoms with E-state index in [-0.39, 0.29) is 17.5 Å². The second-order valence-corrected chi connectivity index (χ2v) is 6.88. The standard InChI is InChI=1S/C20H21F2N3O3/c1-13(17-5-4-16(21)12-18(17)22)23-7-9-24(10-8-23)19-6-3-15(14(2)26)11-20(19)25(27)28/h3-6,11-13H,7-10H2,1-2H3. The van der Waals surface area contributed by atoms with E-state index in [1.807, 2.05) is 11.8 Å². The van der Waals surface area contributed by atoms with E-state index in [0.29, 0.717) is 43.0 Å². The highest BCUT2D eigenvalue weighted by molar-refractivity contribution is 5.95. The van der Waals surface area contributed by atoms with Crippen molar-refractivity contribution in [1.29, 1.82) is 0 Å². The van der Waals surface area contributed by atoms with Gasteiger partial charge in [-0.1, -0.05) is 6.07 Å². The van der Waals surface area contributed by atoms with Gasteiger partial charge in [0.15, 0.2) is 5.78 Å². The molecule has 1 heterocycles. The normalized spacial score (nSPS) is 16.1. The second kappa shape index (κ2) is 8.02. The van der Waals surface area contributed by atoms with Crippen molar-refractivity contribution in [2.24, 2.45) is 0 Å². The Morgan fingerprint density at radius 3 is 2.36 bits per heavy atom. The predicted molar refractivity (Wildman–Crippen MR) is 102 cm³/mol. The number of benzene rings is 2. The van der Waals surface area contributed by atoms with Gasteiger partial charge in [0.1, 0.15) is 17.3 Å². The van der Waals surface area contributed by atoms with Crippen LogP contribution in [0, 0.1) is 21.7 Å². The fourth-order valence-corrected chi connectivity index (χ4v) is 3.54. The van der Waals surface area contributed by atoms with Crippen LogP contribution in [0.15, 0.2) is 36.4 Å². The Bertz CT molecular complexity index is 912. The molecule has 0 aliphatic carbocycles. The van der Waals surface area contributed by atoms with Gasteiger partial charge in [0.05, 0.1) is 4.92 Å². The molecule has 0 saturated carbocycles. The average molecular weight is 389 g/mol. The number of anilines is 1. The molecule has 1 aliphatic rings. The number of carbonyl (C=O) groups is 1. The first kappa shape index (κ1) is 19.9. The molecule has 3 rings (SSSR count).